The Morgan fingerprint density at radius 2 is 1.90 bits per heavy atom. The van der Waals surface area contributed by atoms with Crippen LogP contribution in [0.15, 0.2) is 59.6 Å². The maximum absolute atomic E-state index is 12.3. The molecule has 6 heteroatoms. The molecule has 2 heterocycles. The normalized spacial score (nSPS) is 18.6. The highest BCUT2D eigenvalue weighted by Crippen LogP contribution is 2.27. The fraction of sp³-hybridized carbons (Fsp3) is 0.391. The Labute approximate surface area is 190 Å². The van der Waals surface area contributed by atoms with Gasteiger partial charge in [-0.3, -0.25) is 9.79 Å². The summed E-state index contributed by atoms with van der Waals surface area (Å²) in [7, 11) is 1.84. The number of amides is 1. The van der Waals surface area contributed by atoms with Crippen molar-refractivity contribution in [1.29, 1.82) is 0 Å². The molecule has 0 spiro atoms. The Bertz CT molecular complexity index is 855. The van der Waals surface area contributed by atoms with Crippen LogP contribution in [-0.2, 0) is 17.6 Å². The van der Waals surface area contributed by atoms with E-state index < -0.39 is 0 Å². The van der Waals surface area contributed by atoms with Crippen molar-refractivity contribution in [2.24, 2.45) is 10.9 Å². The SMILES string of the molecule is CN=C(NCCN1C(=O)Cc2ccccc21)N1CCC(Cc2ccccc2)C1.I. The van der Waals surface area contributed by atoms with E-state index in [1.807, 2.05) is 36.2 Å². The lowest BCUT2D eigenvalue weighted by molar-refractivity contribution is -0.117. The van der Waals surface area contributed by atoms with Crippen LogP contribution >= 0.6 is 24.0 Å². The minimum atomic E-state index is 0. The summed E-state index contributed by atoms with van der Waals surface area (Å²) in [6.45, 7) is 3.42. The van der Waals surface area contributed by atoms with Gasteiger partial charge in [0.2, 0.25) is 5.91 Å². The molecule has 1 saturated heterocycles. The maximum Gasteiger partial charge on any atom is 0.231 e. The highest BCUT2D eigenvalue weighted by Gasteiger charge is 2.27. The molecule has 0 radical (unpaired) electrons. The third-order valence-corrected chi connectivity index (χ3v) is 5.71. The van der Waals surface area contributed by atoms with Gasteiger partial charge < -0.3 is 15.1 Å². The summed E-state index contributed by atoms with van der Waals surface area (Å²) in [5.41, 5.74) is 3.58. The van der Waals surface area contributed by atoms with Gasteiger partial charge in [0.1, 0.15) is 0 Å². The summed E-state index contributed by atoms with van der Waals surface area (Å²) < 4.78 is 0. The monoisotopic (exact) mass is 504 g/mol. The third-order valence-electron chi connectivity index (χ3n) is 5.71. The number of likely N-dealkylation sites (tertiary alicyclic amines) is 1. The van der Waals surface area contributed by atoms with E-state index in [-0.39, 0.29) is 29.9 Å². The molecule has 29 heavy (non-hydrogen) atoms. The van der Waals surface area contributed by atoms with Gasteiger partial charge in [-0.2, -0.15) is 0 Å². The third kappa shape index (κ3) is 5.10. The Morgan fingerprint density at radius 1 is 1.14 bits per heavy atom. The molecule has 154 valence electrons. The number of aliphatic imine (C=N–C) groups is 1. The Balaban J connectivity index is 0.00000240. The fourth-order valence-electron chi connectivity index (χ4n) is 4.31. The molecular formula is C23H29IN4O. The number of nitrogens with zero attached hydrogens (tertiary/aromatic N) is 3. The van der Waals surface area contributed by atoms with Crippen molar-refractivity contribution in [3.63, 3.8) is 0 Å². The largest absolute Gasteiger partial charge is 0.354 e. The summed E-state index contributed by atoms with van der Waals surface area (Å²) in [6, 6.07) is 18.8. The number of halogens is 1. The zero-order valence-electron chi connectivity index (χ0n) is 16.9. The lowest BCUT2D eigenvalue weighted by Crippen LogP contribution is -2.44. The summed E-state index contributed by atoms with van der Waals surface area (Å²) in [6.07, 6.45) is 2.82. The lowest BCUT2D eigenvalue weighted by atomic mass is 9.99. The molecule has 0 aromatic heterocycles. The maximum atomic E-state index is 12.3. The predicted octanol–water partition coefficient (Wildman–Crippen LogP) is 3.33. The van der Waals surface area contributed by atoms with Crippen LogP contribution in [0, 0.1) is 5.92 Å². The topological polar surface area (TPSA) is 47.9 Å². The van der Waals surface area contributed by atoms with Crippen LogP contribution in [0.4, 0.5) is 5.69 Å². The molecule has 0 saturated carbocycles. The Hall–Kier alpha value is -2.09. The van der Waals surface area contributed by atoms with Crippen LogP contribution < -0.4 is 10.2 Å². The number of benzene rings is 2. The predicted molar refractivity (Wildman–Crippen MR) is 129 cm³/mol. The standard InChI is InChI=1S/C23H28N4O.HI/c1-24-23(26-13-11-19(17-26)15-18-7-3-2-4-8-18)25-12-14-27-21-10-6-5-9-20(21)16-22(27)28;/h2-10,19H,11-17H2,1H3,(H,24,25);1H. The fourth-order valence-corrected chi connectivity index (χ4v) is 4.31. The Morgan fingerprint density at radius 3 is 2.69 bits per heavy atom. The first-order chi connectivity index (χ1) is 13.7. The number of nitrogens with one attached hydrogen (secondary N) is 1. The van der Waals surface area contributed by atoms with Crippen molar-refractivity contribution in [3.8, 4) is 0 Å². The van der Waals surface area contributed by atoms with E-state index in [9.17, 15) is 4.79 Å². The quantitative estimate of drug-likeness (QED) is 0.386. The molecule has 1 N–H and O–H groups in total. The van der Waals surface area contributed by atoms with Gasteiger partial charge in [-0.05, 0) is 36.0 Å². The van der Waals surface area contributed by atoms with Crippen molar-refractivity contribution < 1.29 is 4.79 Å². The van der Waals surface area contributed by atoms with Gasteiger partial charge >= 0.3 is 0 Å². The van der Waals surface area contributed by atoms with Gasteiger partial charge in [-0.15, -0.1) is 24.0 Å². The number of hydrogen-bond donors (Lipinski definition) is 1. The van der Waals surface area contributed by atoms with Crippen LogP contribution in [0.3, 0.4) is 0 Å². The molecule has 1 fully saturated rings. The number of carbonyl (C=O) groups is 1. The molecule has 1 unspecified atom stereocenters. The molecule has 2 aromatic rings. The number of fused-ring (bicyclic) bond motifs is 1. The van der Waals surface area contributed by atoms with Crippen molar-refractivity contribution in [2.45, 2.75) is 19.3 Å². The lowest BCUT2D eigenvalue weighted by Gasteiger charge is -2.23. The highest BCUT2D eigenvalue weighted by molar-refractivity contribution is 14.0. The number of rotatable bonds is 5. The van der Waals surface area contributed by atoms with Gasteiger partial charge in [0.05, 0.1) is 6.42 Å². The highest BCUT2D eigenvalue weighted by atomic mass is 127. The van der Waals surface area contributed by atoms with E-state index in [2.05, 4.69) is 45.5 Å². The second kappa shape index (κ2) is 10.1. The van der Waals surface area contributed by atoms with Gasteiger partial charge in [-0.25, -0.2) is 0 Å². The van der Waals surface area contributed by atoms with Crippen LogP contribution in [0.25, 0.3) is 0 Å². The van der Waals surface area contributed by atoms with E-state index in [1.54, 1.807) is 0 Å². The molecule has 1 atom stereocenters. The molecule has 0 bridgehead atoms. The second-order valence-corrected chi connectivity index (χ2v) is 7.62. The van der Waals surface area contributed by atoms with E-state index in [1.165, 1.54) is 12.0 Å². The number of carbonyl (C=O) groups excluding carboxylic acids is 1. The van der Waals surface area contributed by atoms with Gasteiger partial charge in [-0.1, -0.05) is 48.5 Å². The van der Waals surface area contributed by atoms with Crippen LogP contribution in [0.1, 0.15) is 17.5 Å². The van der Waals surface area contributed by atoms with Crippen molar-refractivity contribution in [1.82, 2.24) is 10.2 Å². The molecule has 5 nitrogen and oxygen atoms in total. The summed E-state index contributed by atoms with van der Waals surface area (Å²) >= 11 is 0. The van der Waals surface area contributed by atoms with E-state index >= 15 is 0 Å². The van der Waals surface area contributed by atoms with E-state index in [0.29, 0.717) is 25.4 Å². The molecule has 0 aliphatic carbocycles. The molecule has 2 aliphatic heterocycles. The zero-order chi connectivity index (χ0) is 19.3. The summed E-state index contributed by atoms with van der Waals surface area (Å²) in [5.74, 6) is 1.78. The van der Waals surface area contributed by atoms with E-state index in [4.69, 9.17) is 0 Å². The first-order valence-electron chi connectivity index (χ1n) is 10.1. The zero-order valence-corrected chi connectivity index (χ0v) is 19.2. The molecule has 1 amide bonds. The molecule has 2 aliphatic rings. The minimum absolute atomic E-state index is 0. The van der Waals surface area contributed by atoms with Crippen LogP contribution in [-0.4, -0.2) is 50.0 Å². The molecule has 4 rings (SSSR count). The van der Waals surface area contributed by atoms with Crippen molar-refractivity contribution >= 4 is 41.5 Å². The second-order valence-electron chi connectivity index (χ2n) is 7.62. The number of para-hydroxylation sites is 1. The smallest absolute Gasteiger partial charge is 0.231 e. The van der Waals surface area contributed by atoms with E-state index in [0.717, 1.165) is 36.7 Å². The number of hydrogen-bond acceptors (Lipinski definition) is 2. The van der Waals surface area contributed by atoms with Crippen LogP contribution in [0.2, 0.25) is 0 Å². The summed E-state index contributed by atoms with van der Waals surface area (Å²) in [4.78, 5) is 21.0. The Kier molecular flexibility index (Phi) is 7.52. The average molecular weight is 504 g/mol. The van der Waals surface area contributed by atoms with Gasteiger partial charge in [0.15, 0.2) is 5.96 Å². The van der Waals surface area contributed by atoms with Crippen molar-refractivity contribution in [2.75, 3.05) is 38.1 Å². The van der Waals surface area contributed by atoms with Crippen LogP contribution in [0.5, 0.6) is 0 Å². The molecule has 2 aromatic carbocycles. The average Bonchev–Trinajstić information content (AvgIpc) is 3.30. The summed E-state index contributed by atoms with van der Waals surface area (Å²) in [5, 5.41) is 3.46. The minimum Gasteiger partial charge on any atom is -0.354 e. The van der Waals surface area contributed by atoms with Gasteiger partial charge in [0, 0.05) is 38.9 Å². The van der Waals surface area contributed by atoms with Crippen molar-refractivity contribution in [3.05, 3.63) is 65.7 Å². The first-order valence-corrected chi connectivity index (χ1v) is 10.1. The first kappa shape index (κ1) is 21.6. The number of anilines is 1. The van der Waals surface area contributed by atoms with Gasteiger partial charge in [0.25, 0.3) is 0 Å². The molecular weight excluding hydrogens is 475 g/mol. The number of guanidine groups is 1.